The minimum absolute atomic E-state index is 0.147. The molecule has 3 N–H and O–H groups in total. The molecule has 0 fully saturated rings. The number of nitrogens with one attached hydrogen (secondary N) is 1. The molecule has 0 heterocycles. The van der Waals surface area contributed by atoms with E-state index in [4.69, 9.17) is 15.2 Å². The van der Waals surface area contributed by atoms with Gasteiger partial charge in [0.1, 0.15) is 11.4 Å². The van der Waals surface area contributed by atoms with Crippen molar-refractivity contribution in [3.05, 3.63) is 18.2 Å². The van der Waals surface area contributed by atoms with E-state index in [1.807, 2.05) is 0 Å². The largest absolute Gasteiger partial charge is 0.491 e. The third kappa shape index (κ3) is 7.23. The number of amides is 1. The van der Waals surface area contributed by atoms with Gasteiger partial charge in [-0.3, -0.25) is 0 Å². The van der Waals surface area contributed by atoms with E-state index in [-0.39, 0.29) is 10.6 Å². The van der Waals surface area contributed by atoms with E-state index in [0.29, 0.717) is 25.3 Å². The molecule has 0 bridgehead atoms. The summed E-state index contributed by atoms with van der Waals surface area (Å²) in [5.74, 6) is 0.412. The molecule has 0 unspecified atom stereocenters. The van der Waals surface area contributed by atoms with Crippen LogP contribution in [0.5, 0.6) is 5.75 Å². The number of nitrogens with two attached hydrogens (primary N) is 1. The van der Waals surface area contributed by atoms with Crippen molar-refractivity contribution in [2.24, 2.45) is 0 Å². The molecule has 7 nitrogen and oxygen atoms in total. The van der Waals surface area contributed by atoms with Crippen LogP contribution in [0.1, 0.15) is 27.2 Å². The highest BCUT2D eigenvalue weighted by Crippen LogP contribution is 2.24. The summed E-state index contributed by atoms with van der Waals surface area (Å²) in [6, 6.07) is 4.33. The minimum Gasteiger partial charge on any atom is -0.491 e. The van der Waals surface area contributed by atoms with Gasteiger partial charge in [-0.15, -0.1) is 0 Å². The fraction of sp³-hybridized carbons (Fsp3) is 0.533. The number of nitrogen functional groups attached to an aromatic ring is 1. The number of sulfone groups is 1. The Morgan fingerprint density at radius 3 is 2.48 bits per heavy atom. The Labute approximate surface area is 137 Å². The van der Waals surface area contributed by atoms with E-state index >= 15 is 0 Å². The molecular formula is C15H24N2O5S. The van der Waals surface area contributed by atoms with E-state index in [1.165, 1.54) is 18.2 Å². The summed E-state index contributed by atoms with van der Waals surface area (Å²) in [5.41, 5.74) is 5.50. The van der Waals surface area contributed by atoms with Gasteiger partial charge in [-0.1, -0.05) is 0 Å². The summed E-state index contributed by atoms with van der Waals surface area (Å²) in [4.78, 5) is 11.6. The molecule has 0 spiro atoms. The Kier molecular flexibility index (Phi) is 6.26. The van der Waals surface area contributed by atoms with E-state index < -0.39 is 21.5 Å². The zero-order valence-corrected chi connectivity index (χ0v) is 14.7. The number of alkyl carbamates (subject to hydrolysis) is 1. The molecule has 0 aliphatic carbocycles. The number of carbonyl (C=O) groups excluding carboxylic acids is 1. The first-order chi connectivity index (χ1) is 10.5. The van der Waals surface area contributed by atoms with Crippen molar-refractivity contribution in [1.82, 2.24) is 5.32 Å². The van der Waals surface area contributed by atoms with Crippen LogP contribution in [0.15, 0.2) is 23.1 Å². The molecule has 1 rings (SSSR count). The van der Waals surface area contributed by atoms with Crippen molar-refractivity contribution in [2.45, 2.75) is 37.7 Å². The summed E-state index contributed by atoms with van der Waals surface area (Å²) in [5, 5.41) is 2.62. The van der Waals surface area contributed by atoms with Crippen LogP contribution in [0.25, 0.3) is 0 Å². The van der Waals surface area contributed by atoms with Crippen LogP contribution in [-0.2, 0) is 14.6 Å². The molecule has 0 aliphatic rings. The second kappa shape index (κ2) is 7.54. The number of hydrogen-bond acceptors (Lipinski definition) is 6. The molecule has 0 aromatic heterocycles. The molecule has 8 heteroatoms. The zero-order valence-electron chi connectivity index (χ0n) is 13.9. The fourth-order valence-electron chi connectivity index (χ4n) is 1.65. The van der Waals surface area contributed by atoms with Gasteiger partial charge in [0.05, 0.1) is 17.2 Å². The van der Waals surface area contributed by atoms with Crippen LogP contribution in [-0.4, -0.2) is 39.5 Å². The third-order valence-corrected chi connectivity index (χ3v) is 3.77. The smallest absolute Gasteiger partial charge is 0.407 e. The van der Waals surface area contributed by atoms with Gasteiger partial charge in [0.25, 0.3) is 0 Å². The van der Waals surface area contributed by atoms with Crippen molar-refractivity contribution in [1.29, 1.82) is 0 Å². The predicted octanol–water partition coefficient (Wildman–Crippen LogP) is 1.97. The highest BCUT2D eigenvalue weighted by Gasteiger charge is 2.15. The van der Waals surface area contributed by atoms with Crippen LogP contribution < -0.4 is 15.8 Å². The Balaban J connectivity index is 2.38. The van der Waals surface area contributed by atoms with Crippen molar-refractivity contribution >= 4 is 21.6 Å². The van der Waals surface area contributed by atoms with Gasteiger partial charge >= 0.3 is 6.09 Å². The maximum atomic E-state index is 11.4. The fourth-order valence-corrected chi connectivity index (χ4v) is 2.30. The van der Waals surface area contributed by atoms with Crippen LogP contribution >= 0.6 is 0 Å². The maximum absolute atomic E-state index is 11.4. The van der Waals surface area contributed by atoms with Crippen molar-refractivity contribution in [3.63, 3.8) is 0 Å². The number of rotatable bonds is 6. The number of ether oxygens (including phenoxy) is 2. The summed E-state index contributed by atoms with van der Waals surface area (Å²) < 4.78 is 33.4. The molecule has 1 aromatic carbocycles. The second-order valence-electron chi connectivity index (χ2n) is 6.10. The lowest BCUT2D eigenvalue weighted by Gasteiger charge is -2.19. The van der Waals surface area contributed by atoms with Gasteiger partial charge in [0.2, 0.25) is 0 Å². The molecule has 0 atom stereocenters. The lowest BCUT2D eigenvalue weighted by Crippen LogP contribution is -2.33. The molecular weight excluding hydrogens is 320 g/mol. The van der Waals surface area contributed by atoms with Crippen LogP contribution in [0.2, 0.25) is 0 Å². The molecule has 0 radical (unpaired) electrons. The Morgan fingerprint density at radius 2 is 1.96 bits per heavy atom. The Morgan fingerprint density at radius 1 is 1.30 bits per heavy atom. The second-order valence-corrected chi connectivity index (χ2v) is 8.12. The summed E-state index contributed by atoms with van der Waals surface area (Å²) in [6.07, 6.45) is 1.20. The van der Waals surface area contributed by atoms with E-state index in [1.54, 1.807) is 20.8 Å². The lowest BCUT2D eigenvalue weighted by atomic mass is 10.2. The first-order valence-electron chi connectivity index (χ1n) is 7.18. The molecule has 1 aromatic rings. The first-order valence-corrected chi connectivity index (χ1v) is 9.07. The van der Waals surface area contributed by atoms with E-state index in [2.05, 4.69) is 5.32 Å². The quantitative estimate of drug-likeness (QED) is 0.603. The van der Waals surface area contributed by atoms with Gasteiger partial charge in [-0.2, -0.15) is 0 Å². The molecule has 130 valence electrons. The average Bonchev–Trinajstić information content (AvgIpc) is 2.36. The van der Waals surface area contributed by atoms with Crippen molar-refractivity contribution in [3.8, 4) is 5.75 Å². The normalized spacial score (nSPS) is 11.8. The Bertz CT molecular complexity index is 650. The molecule has 0 saturated heterocycles. The monoisotopic (exact) mass is 344 g/mol. The van der Waals surface area contributed by atoms with Gasteiger partial charge in [-0.05, 0) is 45.4 Å². The summed E-state index contributed by atoms with van der Waals surface area (Å²) in [7, 11) is -3.29. The van der Waals surface area contributed by atoms with Gasteiger partial charge in [0, 0.05) is 12.8 Å². The molecule has 0 saturated carbocycles. The first kappa shape index (κ1) is 19.1. The van der Waals surface area contributed by atoms with Crippen molar-refractivity contribution in [2.75, 3.05) is 25.1 Å². The molecule has 0 aliphatic heterocycles. The van der Waals surface area contributed by atoms with Crippen LogP contribution in [0, 0.1) is 0 Å². The minimum atomic E-state index is -3.29. The van der Waals surface area contributed by atoms with Gasteiger partial charge in [0.15, 0.2) is 9.84 Å². The lowest BCUT2D eigenvalue weighted by molar-refractivity contribution is 0.0525. The highest BCUT2D eigenvalue weighted by atomic mass is 32.2. The van der Waals surface area contributed by atoms with E-state index in [9.17, 15) is 13.2 Å². The van der Waals surface area contributed by atoms with Crippen LogP contribution in [0.4, 0.5) is 10.5 Å². The Hall–Kier alpha value is -1.96. The van der Waals surface area contributed by atoms with Crippen LogP contribution in [0.3, 0.4) is 0 Å². The van der Waals surface area contributed by atoms with Gasteiger partial charge < -0.3 is 20.5 Å². The zero-order chi connectivity index (χ0) is 17.7. The SMILES string of the molecule is CC(C)(C)OC(=O)NCCCOc1ccc(S(C)(=O)=O)cc1N. The summed E-state index contributed by atoms with van der Waals surface area (Å²) in [6.45, 7) is 6.10. The molecule has 23 heavy (non-hydrogen) atoms. The molecule has 1 amide bonds. The number of carbonyl (C=O) groups is 1. The number of benzene rings is 1. The van der Waals surface area contributed by atoms with Gasteiger partial charge in [-0.25, -0.2) is 13.2 Å². The topological polar surface area (TPSA) is 108 Å². The van der Waals surface area contributed by atoms with E-state index in [0.717, 1.165) is 6.26 Å². The third-order valence-electron chi connectivity index (χ3n) is 2.66. The summed E-state index contributed by atoms with van der Waals surface area (Å²) >= 11 is 0. The average molecular weight is 344 g/mol. The standard InChI is InChI=1S/C15H24N2O5S/c1-15(2,3)22-14(18)17-8-5-9-21-13-7-6-11(10-12(13)16)23(4,19)20/h6-7,10H,5,8-9,16H2,1-4H3,(H,17,18). The number of hydrogen-bond donors (Lipinski definition) is 2. The predicted molar refractivity (Wildman–Crippen MR) is 88.3 cm³/mol. The van der Waals surface area contributed by atoms with Crippen molar-refractivity contribution < 1.29 is 22.7 Å². The number of anilines is 1. The highest BCUT2D eigenvalue weighted by molar-refractivity contribution is 7.90. The maximum Gasteiger partial charge on any atom is 0.407 e.